The summed E-state index contributed by atoms with van der Waals surface area (Å²) in [5.41, 5.74) is 1.36. The average molecular weight is 177 g/mol. The number of hydrogen-bond acceptors (Lipinski definition) is 1. The molecule has 2 rings (SSSR count). The van der Waals surface area contributed by atoms with Gasteiger partial charge in [0.2, 0.25) is 0 Å². The topological polar surface area (TPSA) is 12.9 Å². The number of nitrogens with zero attached hydrogens (tertiary/aromatic N) is 2. The van der Waals surface area contributed by atoms with Crippen molar-refractivity contribution in [2.75, 3.05) is 20.1 Å². The minimum Gasteiger partial charge on any atom is -0.292 e. The minimum atomic E-state index is 1.08. The van der Waals surface area contributed by atoms with Crippen LogP contribution in [0.1, 0.15) is 19.3 Å². The smallest absolute Gasteiger partial charge is 0.151 e. The number of pyridine rings is 1. The monoisotopic (exact) mass is 177 g/mol. The van der Waals surface area contributed by atoms with Crippen LogP contribution in [0.5, 0.6) is 0 Å². The van der Waals surface area contributed by atoms with Gasteiger partial charge in [0.25, 0.3) is 0 Å². The first-order chi connectivity index (χ1) is 6.31. The molecular formula is C11H17N2+. The Morgan fingerprint density at radius 2 is 2.00 bits per heavy atom. The Hall–Kier alpha value is -0.890. The van der Waals surface area contributed by atoms with E-state index in [0.717, 1.165) is 4.48 Å². The molecule has 1 aromatic rings. The lowest BCUT2D eigenvalue weighted by molar-refractivity contribution is 0.274. The quantitative estimate of drug-likeness (QED) is 0.599. The Morgan fingerprint density at radius 3 is 2.62 bits per heavy atom. The molecule has 13 heavy (non-hydrogen) atoms. The molecule has 70 valence electrons. The summed E-state index contributed by atoms with van der Waals surface area (Å²) in [7, 11) is 2.32. The number of hydrogen-bond donors (Lipinski definition) is 0. The summed E-state index contributed by atoms with van der Waals surface area (Å²) in [6, 6.07) is 4.23. The fourth-order valence-electron chi connectivity index (χ4n) is 2.14. The summed E-state index contributed by atoms with van der Waals surface area (Å²) in [6.07, 6.45) is 7.95. The number of aromatic nitrogens is 1. The Labute approximate surface area is 79.8 Å². The normalized spacial score (nSPS) is 21.3. The van der Waals surface area contributed by atoms with E-state index in [1.54, 1.807) is 0 Å². The van der Waals surface area contributed by atoms with Crippen molar-refractivity contribution in [2.45, 2.75) is 19.3 Å². The van der Waals surface area contributed by atoms with Crippen molar-refractivity contribution >= 4 is 5.69 Å². The highest BCUT2D eigenvalue weighted by Gasteiger charge is 2.27. The molecule has 0 radical (unpaired) electrons. The second kappa shape index (κ2) is 3.46. The molecule has 1 aromatic heterocycles. The van der Waals surface area contributed by atoms with Gasteiger partial charge in [-0.05, 0) is 25.3 Å². The molecule has 1 saturated heterocycles. The molecule has 1 aliphatic heterocycles. The number of rotatable bonds is 1. The zero-order valence-electron chi connectivity index (χ0n) is 8.24. The van der Waals surface area contributed by atoms with Crippen LogP contribution in [0.15, 0.2) is 24.5 Å². The molecule has 0 saturated carbocycles. The van der Waals surface area contributed by atoms with Crippen LogP contribution in [0, 0.1) is 0 Å². The fraction of sp³-hybridized carbons (Fsp3) is 0.545. The van der Waals surface area contributed by atoms with Crippen molar-refractivity contribution in [1.29, 1.82) is 0 Å². The van der Waals surface area contributed by atoms with Crippen molar-refractivity contribution in [3.05, 3.63) is 24.5 Å². The van der Waals surface area contributed by atoms with E-state index in [1.165, 1.54) is 38.0 Å². The van der Waals surface area contributed by atoms with Crippen LogP contribution in [-0.2, 0) is 0 Å². The van der Waals surface area contributed by atoms with Crippen LogP contribution in [0.2, 0.25) is 0 Å². The lowest BCUT2D eigenvalue weighted by atomic mass is 10.1. The summed E-state index contributed by atoms with van der Waals surface area (Å²) in [4.78, 5) is 4.19. The van der Waals surface area contributed by atoms with Gasteiger partial charge in [-0.2, -0.15) is 0 Å². The second-order valence-corrected chi connectivity index (χ2v) is 4.11. The number of piperidine rings is 1. The largest absolute Gasteiger partial charge is 0.292 e. The highest BCUT2D eigenvalue weighted by molar-refractivity contribution is 5.39. The third-order valence-electron chi connectivity index (χ3n) is 3.07. The van der Waals surface area contributed by atoms with Crippen LogP contribution in [0.3, 0.4) is 0 Å². The van der Waals surface area contributed by atoms with Gasteiger partial charge >= 0.3 is 0 Å². The van der Waals surface area contributed by atoms with E-state index in [0.29, 0.717) is 0 Å². The molecule has 2 heterocycles. The van der Waals surface area contributed by atoms with Crippen molar-refractivity contribution in [3.8, 4) is 0 Å². The van der Waals surface area contributed by atoms with E-state index < -0.39 is 0 Å². The van der Waals surface area contributed by atoms with Crippen LogP contribution < -0.4 is 4.48 Å². The van der Waals surface area contributed by atoms with Gasteiger partial charge in [-0.1, -0.05) is 0 Å². The van der Waals surface area contributed by atoms with Crippen LogP contribution in [-0.4, -0.2) is 25.1 Å². The first kappa shape index (κ1) is 8.70. The lowest BCUT2D eigenvalue weighted by Crippen LogP contribution is -2.48. The summed E-state index contributed by atoms with van der Waals surface area (Å²) in [5, 5.41) is 0. The van der Waals surface area contributed by atoms with Gasteiger partial charge in [-0.3, -0.25) is 9.47 Å². The molecule has 0 aromatic carbocycles. The maximum atomic E-state index is 4.19. The third-order valence-corrected chi connectivity index (χ3v) is 3.07. The van der Waals surface area contributed by atoms with Gasteiger partial charge in [0.05, 0.1) is 26.3 Å². The average Bonchev–Trinajstić information content (AvgIpc) is 2.20. The van der Waals surface area contributed by atoms with Crippen molar-refractivity contribution in [3.63, 3.8) is 0 Å². The van der Waals surface area contributed by atoms with Gasteiger partial charge in [-0.25, -0.2) is 0 Å². The highest BCUT2D eigenvalue weighted by Crippen LogP contribution is 2.24. The van der Waals surface area contributed by atoms with Gasteiger partial charge in [-0.15, -0.1) is 0 Å². The summed E-state index contributed by atoms with van der Waals surface area (Å²) in [5.74, 6) is 0. The molecule has 0 aliphatic carbocycles. The lowest BCUT2D eigenvalue weighted by Gasteiger charge is -2.36. The van der Waals surface area contributed by atoms with Crippen molar-refractivity contribution in [2.24, 2.45) is 0 Å². The molecule has 2 heteroatoms. The van der Waals surface area contributed by atoms with Gasteiger partial charge in [0, 0.05) is 12.3 Å². The molecule has 0 spiro atoms. The fourth-order valence-corrected chi connectivity index (χ4v) is 2.14. The Bertz CT molecular complexity index is 263. The molecule has 1 aliphatic rings. The van der Waals surface area contributed by atoms with E-state index in [-0.39, 0.29) is 0 Å². The molecule has 0 N–H and O–H groups in total. The molecular weight excluding hydrogens is 160 g/mol. The van der Waals surface area contributed by atoms with Crippen LogP contribution in [0.4, 0.5) is 5.69 Å². The third kappa shape index (κ3) is 1.73. The zero-order chi connectivity index (χ0) is 9.15. The minimum absolute atomic E-state index is 1.08. The van der Waals surface area contributed by atoms with Gasteiger partial charge < -0.3 is 0 Å². The zero-order valence-corrected chi connectivity index (χ0v) is 8.24. The van der Waals surface area contributed by atoms with E-state index in [9.17, 15) is 0 Å². The summed E-state index contributed by atoms with van der Waals surface area (Å²) >= 11 is 0. The Kier molecular flexibility index (Phi) is 2.32. The van der Waals surface area contributed by atoms with E-state index >= 15 is 0 Å². The molecule has 2 nitrogen and oxygen atoms in total. The van der Waals surface area contributed by atoms with E-state index in [1.807, 2.05) is 18.5 Å². The van der Waals surface area contributed by atoms with E-state index in [4.69, 9.17) is 0 Å². The molecule has 0 amide bonds. The maximum absolute atomic E-state index is 4.19. The summed E-state index contributed by atoms with van der Waals surface area (Å²) < 4.78 is 1.08. The predicted molar refractivity (Wildman–Crippen MR) is 55.5 cm³/mol. The van der Waals surface area contributed by atoms with Gasteiger partial charge in [0.1, 0.15) is 0 Å². The first-order valence-electron chi connectivity index (χ1n) is 5.06. The Balaban J connectivity index is 2.23. The van der Waals surface area contributed by atoms with Crippen LogP contribution in [0.25, 0.3) is 0 Å². The maximum Gasteiger partial charge on any atom is 0.151 e. The molecule has 0 bridgehead atoms. The standard InChI is InChI=1S/C11H17N2/c1-13(8-3-2-4-9-13)11-6-5-7-12-10-11/h5-7,10H,2-4,8-9H2,1H3/q+1. The molecule has 0 unspecified atom stereocenters. The Morgan fingerprint density at radius 1 is 1.23 bits per heavy atom. The predicted octanol–water partition coefficient (Wildman–Crippen LogP) is 2.20. The first-order valence-corrected chi connectivity index (χ1v) is 5.06. The van der Waals surface area contributed by atoms with Crippen LogP contribution >= 0.6 is 0 Å². The van der Waals surface area contributed by atoms with E-state index in [2.05, 4.69) is 18.1 Å². The van der Waals surface area contributed by atoms with Crippen molar-refractivity contribution in [1.82, 2.24) is 9.47 Å². The molecule has 0 atom stereocenters. The van der Waals surface area contributed by atoms with Crippen molar-refractivity contribution < 1.29 is 0 Å². The highest BCUT2D eigenvalue weighted by atomic mass is 15.3. The van der Waals surface area contributed by atoms with Gasteiger partial charge in [0.15, 0.2) is 5.69 Å². The second-order valence-electron chi connectivity index (χ2n) is 4.11. The summed E-state index contributed by atoms with van der Waals surface area (Å²) in [6.45, 7) is 2.54. The number of quaternary nitrogens is 1. The SMILES string of the molecule is C[N+]1(c2cccnc2)CCCCC1. The molecule has 1 fully saturated rings. The number of likely N-dealkylation sites (tertiary alicyclic amines) is 1.